The van der Waals surface area contributed by atoms with Crippen LogP contribution < -0.4 is 5.32 Å². The third-order valence-corrected chi connectivity index (χ3v) is 7.03. The summed E-state index contributed by atoms with van der Waals surface area (Å²) in [5.74, 6) is 1.72. The SMILES string of the molecule is CC1CSCCN1S(=O)(=O)c1cnn(CCNC2CC2)c1. The van der Waals surface area contributed by atoms with Gasteiger partial charge in [-0.05, 0) is 19.8 Å². The van der Waals surface area contributed by atoms with Crippen molar-refractivity contribution >= 4 is 21.8 Å². The highest BCUT2D eigenvalue weighted by molar-refractivity contribution is 7.99. The van der Waals surface area contributed by atoms with E-state index in [1.807, 2.05) is 18.7 Å². The second-order valence-corrected chi connectivity index (χ2v) is 8.75. The first-order valence-electron chi connectivity index (χ1n) is 7.43. The fraction of sp³-hybridized carbons (Fsp3) is 0.769. The van der Waals surface area contributed by atoms with Crippen molar-refractivity contribution in [1.82, 2.24) is 19.4 Å². The summed E-state index contributed by atoms with van der Waals surface area (Å²) in [5.41, 5.74) is 0. The van der Waals surface area contributed by atoms with Crippen LogP contribution in [-0.2, 0) is 16.6 Å². The summed E-state index contributed by atoms with van der Waals surface area (Å²) in [6.07, 6.45) is 5.63. The lowest BCUT2D eigenvalue weighted by Crippen LogP contribution is -2.44. The van der Waals surface area contributed by atoms with Gasteiger partial charge in [-0.2, -0.15) is 21.2 Å². The van der Waals surface area contributed by atoms with E-state index in [1.165, 1.54) is 19.0 Å². The Kier molecular flexibility index (Phi) is 4.58. The van der Waals surface area contributed by atoms with Gasteiger partial charge in [0.1, 0.15) is 4.90 Å². The number of hydrogen-bond acceptors (Lipinski definition) is 5. The molecule has 0 radical (unpaired) electrons. The van der Waals surface area contributed by atoms with Crippen LogP contribution in [0.1, 0.15) is 19.8 Å². The average molecular weight is 330 g/mol. The Labute approximate surface area is 130 Å². The van der Waals surface area contributed by atoms with Crippen molar-refractivity contribution in [3.05, 3.63) is 12.4 Å². The maximum absolute atomic E-state index is 12.7. The third-order valence-electron chi connectivity index (χ3n) is 3.87. The van der Waals surface area contributed by atoms with Crippen LogP contribution in [0.2, 0.25) is 0 Å². The number of thioether (sulfide) groups is 1. The molecular formula is C13H22N4O2S2. The zero-order valence-electron chi connectivity index (χ0n) is 12.2. The van der Waals surface area contributed by atoms with Crippen LogP contribution >= 0.6 is 11.8 Å². The summed E-state index contributed by atoms with van der Waals surface area (Å²) in [5, 5.41) is 7.59. The van der Waals surface area contributed by atoms with Crippen molar-refractivity contribution < 1.29 is 8.42 Å². The molecular weight excluding hydrogens is 308 g/mol. The van der Waals surface area contributed by atoms with Crippen LogP contribution in [0.3, 0.4) is 0 Å². The highest BCUT2D eigenvalue weighted by Gasteiger charge is 2.32. The van der Waals surface area contributed by atoms with Gasteiger partial charge in [0.15, 0.2) is 0 Å². The first-order valence-corrected chi connectivity index (χ1v) is 10.0. The minimum atomic E-state index is -3.40. The van der Waals surface area contributed by atoms with Crippen molar-refractivity contribution in [3.63, 3.8) is 0 Å². The molecule has 2 fully saturated rings. The lowest BCUT2D eigenvalue weighted by Gasteiger charge is -2.31. The molecule has 3 rings (SSSR count). The van der Waals surface area contributed by atoms with Gasteiger partial charge in [-0.1, -0.05) is 0 Å². The van der Waals surface area contributed by atoms with Crippen LogP contribution in [0.15, 0.2) is 17.3 Å². The first kappa shape index (κ1) is 15.3. The molecule has 21 heavy (non-hydrogen) atoms. The van der Waals surface area contributed by atoms with E-state index in [9.17, 15) is 8.42 Å². The Hall–Kier alpha value is -0.570. The molecule has 1 aromatic rings. The lowest BCUT2D eigenvalue weighted by molar-refractivity contribution is 0.367. The molecule has 1 aliphatic heterocycles. The minimum Gasteiger partial charge on any atom is -0.312 e. The quantitative estimate of drug-likeness (QED) is 0.834. The molecule has 0 aromatic carbocycles. The van der Waals surface area contributed by atoms with E-state index < -0.39 is 10.0 Å². The standard InChI is InChI=1S/C13H22N4O2S2/c1-11-10-20-7-6-17(11)21(18,19)13-8-15-16(9-13)5-4-14-12-2-3-12/h8-9,11-12,14H,2-7,10H2,1H3. The van der Waals surface area contributed by atoms with Gasteiger partial charge in [0.25, 0.3) is 0 Å². The zero-order chi connectivity index (χ0) is 14.9. The summed E-state index contributed by atoms with van der Waals surface area (Å²) in [4.78, 5) is 0.313. The molecule has 1 atom stereocenters. The molecule has 2 heterocycles. The molecule has 0 bridgehead atoms. The molecule has 1 saturated carbocycles. The summed E-state index contributed by atoms with van der Waals surface area (Å²) < 4.78 is 28.6. The number of sulfonamides is 1. The van der Waals surface area contributed by atoms with Crippen molar-refractivity contribution in [3.8, 4) is 0 Å². The van der Waals surface area contributed by atoms with Gasteiger partial charge in [-0.15, -0.1) is 0 Å². The Bertz CT molecular complexity index is 583. The van der Waals surface area contributed by atoms with Gasteiger partial charge in [0.2, 0.25) is 10.0 Å². The fourth-order valence-electron chi connectivity index (χ4n) is 2.48. The van der Waals surface area contributed by atoms with Crippen LogP contribution in [0.5, 0.6) is 0 Å². The predicted octanol–water partition coefficient (Wildman–Crippen LogP) is 0.761. The maximum atomic E-state index is 12.7. The van der Waals surface area contributed by atoms with Crippen LogP contribution in [-0.4, -0.2) is 59.2 Å². The monoisotopic (exact) mass is 330 g/mol. The second-order valence-electron chi connectivity index (χ2n) is 5.71. The van der Waals surface area contributed by atoms with Crippen LogP contribution in [0.4, 0.5) is 0 Å². The Morgan fingerprint density at radius 2 is 2.29 bits per heavy atom. The molecule has 1 aromatic heterocycles. The fourth-order valence-corrected chi connectivity index (χ4v) is 5.28. The van der Waals surface area contributed by atoms with E-state index in [-0.39, 0.29) is 6.04 Å². The highest BCUT2D eigenvalue weighted by atomic mass is 32.2. The van der Waals surface area contributed by atoms with E-state index in [4.69, 9.17) is 0 Å². The van der Waals surface area contributed by atoms with Gasteiger partial charge in [-0.25, -0.2) is 8.42 Å². The summed E-state index contributed by atoms with van der Waals surface area (Å²) >= 11 is 1.81. The molecule has 6 nitrogen and oxygen atoms in total. The van der Waals surface area contributed by atoms with Gasteiger partial charge in [-0.3, -0.25) is 4.68 Å². The average Bonchev–Trinajstić information content (AvgIpc) is 3.14. The zero-order valence-corrected chi connectivity index (χ0v) is 13.9. The van der Waals surface area contributed by atoms with Gasteiger partial charge in [0, 0.05) is 42.9 Å². The van der Waals surface area contributed by atoms with Crippen molar-refractivity contribution in [2.24, 2.45) is 0 Å². The lowest BCUT2D eigenvalue weighted by atomic mass is 10.4. The Morgan fingerprint density at radius 3 is 3.00 bits per heavy atom. The second kappa shape index (κ2) is 6.28. The van der Waals surface area contributed by atoms with E-state index in [2.05, 4.69) is 10.4 Å². The maximum Gasteiger partial charge on any atom is 0.246 e. The number of hydrogen-bond donors (Lipinski definition) is 1. The third kappa shape index (κ3) is 3.61. The Balaban J connectivity index is 1.65. The molecule has 1 aliphatic carbocycles. The molecule has 1 N–H and O–H groups in total. The van der Waals surface area contributed by atoms with E-state index in [0.29, 0.717) is 24.0 Å². The number of nitrogens with zero attached hydrogens (tertiary/aromatic N) is 3. The van der Waals surface area contributed by atoms with Crippen LogP contribution in [0.25, 0.3) is 0 Å². The number of aromatic nitrogens is 2. The molecule has 0 spiro atoms. The molecule has 1 saturated heterocycles. The molecule has 0 amide bonds. The largest absolute Gasteiger partial charge is 0.312 e. The topological polar surface area (TPSA) is 67.2 Å². The Morgan fingerprint density at radius 1 is 1.48 bits per heavy atom. The van der Waals surface area contributed by atoms with Crippen molar-refractivity contribution in [1.29, 1.82) is 0 Å². The molecule has 118 valence electrons. The minimum absolute atomic E-state index is 0.0497. The number of rotatable bonds is 6. The molecule has 8 heteroatoms. The summed E-state index contributed by atoms with van der Waals surface area (Å²) in [7, 11) is -3.40. The number of nitrogens with one attached hydrogen (secondary N) is 1. The van der Waals surface area contributed by atoms with Gasteiger partial charge >= 0.3 is 0 Å². The van der Waals surface area contributed by atoms with E-state index in [1.54, 1.807) is 15.2 Å². The van der Waals surface area contributed by atoms with E-state index >= 15 is 0 Å². The molecule has 2 aliphatic rings. The smallest absolute Gasteiger partial charge is 0.246 e. The summed E-state index contributed by atoms with van der Waals surface area (Å²) in [6, 6.07) is 0.712. The normalized spacial score (nSPS) is 24.3. The summed E-state index contributed by atoms with van der Waals surface area (Å²) in [6.45, 7) is 4.09. The van der Waals surface area contributed by atoms with Gasteiger partial charge in [0.05, 0.1) is 12.7 Å². The van der Waals surface area contributed by atoms with E-state index in [0.717, 1.165) is 18.1 Å². The van der Waals surface area contributed by atoms with Crippen molar-refractivity contribution in [2.75, 3.05) is 24.6 Å². The van der Waals surface area contributed by atoms with Crippen molar-refractivity contribution in [2.45, 2.75) is 43.3 Å². The highest BCUT2D eigenvalue weighted by Crippen LogP contribution is 2.24. The van der Waals surface area contributed by atoms with Gasteiger partial charge < -0.3 is 5.32 Å². The van der Waals surface area contributed by atoms with Crippen LogP contribution in [0, 0.1) is 0 Å². The molecule has 1 unspecified atom stereocenters. The predicted molar refractivity (Wildman–Crippen MR) is 83.9 cm³/mol. The first-order chi connectivity index (χ1) is 10.1.